The van der Waals surface area contributed by atoms with E-state index >= 15 is 0 Å². The van der Waals surface area contributed by atoms with Gasteiger partial charge in [0.2, 0.25) is 0 Å². The van der Waals surface area contributed by atoms with Gasteiger partial charge < -0.3 is 5.32 Å². The Morgan fingerprint density at radius 2 is 2.18 bits per heavy atom. The van der Waals surface area contributed by atoms with Gasteiger partial charge in [0, 0.05) is 23.7 Å². The molecule has 17 heavy (non-hydrogen) atoms. The number of carbonyl (C=O) groups is 1. The number of carbonyl (C=O) groups excluding carboxylic acids is 1. The van der Waals surface area contributed by atoms with Crippen LogP contribution in [-0.2, 0) is 0 Å². The number of hydrogen-bond donors (Lipinski definition) is 1. The predicted octanol–water partition coefficient (Wildman–Crippen LogP) is 2.43. The van der Waals surface area contributed by atoms with Crippen molar-refractivity contribution in [2.24, 2.45) is 0 Å². The lowest BCUT2D eigenvalue weighted by Gasteiger charge is -2.05. The summed E-state index contributed by atoms with van der Waals surface area (Å²) in [6.07, 6.45) is 1.90. The van der Waals surface area contributed by atoms with Gasteiger partial charge in [-0.15, -0.1) is 0 Å². The fraction of sp³-hybridized carbons (Fsp3) is 0.417. The van der Waals surface area contributed by atoms with Crippen molar-refractivity contribution in [1.29, 1.82) is 0 Å². The number of nitro groups is 1. The van der Waals surface area contributed by atoms with Crippen molar-refractivity contribution < 1.29 is 9.72 Å². The molecule has 0 bridgehead atoms. The predicted molar refractivity (Wildman–Crippen MR) is 65.1 cm³/mol. The van der Waals surface area contributed by atoms with Crippen LogP contribution >= 0.6 is 0 Å². The number of unbranched alkanes of at least 4 members (excludes halogenated alkanes) is 1. The molecule has 1 amide bonds. The highest BCUT2D eigenvalue weighted by Gasteiger charge is 2.14. The van der Waals surface area contributed by atoms with Crippen molar-refractivity contribution in [3.05, 3.63) is 39.4 Å². The zero-order valence-electron chi connectivity index (χ0n) is 10.0. The average molecular weight is 236 g/mol. The van der Waals surface area contributed by atoms with E-state index in [-0.39, 0.29) is 11.6 Å². The summed E-state index contributed by atoms with van der Waals surface area (Å²) in [6, 6.07) is 4.51. The van der Waals surface area contributed by atoms with Crippen LogP contribution in [0.3, 0.4) is 0 Å². The first-order valence-electron chi connectivity index (χ1n) is 5.59. The number of nitro benzene ring substituents is 1. The topological polar surface area (TPSA) is 72.2 Å². The van der Waals surface area contributed by atoms with Crippen LogP contribution in [0.2, 0.25) is 0 Å². The summed E-state index contributed by atoms with van der Waals surface area (Å²) >= 11 is 0. The van der Waals surface area contributed by atoms with Gasteiger partial charge in [-0.05, 0) is 19.4 Å². The summed E-state index contributed by atoms with van der Waals surface area (Å²) in [6.45, 7) is 4.27. The molecule has 0 fully saturated rings. The number of nitrogens with one attached hydrogen (secondary N) is 1. The molecule has 1 aromatic rings. The Hall–Kier alpha value is -1.91. The van der Waals surface area contributed by atoms with Crippen molar-refractivity contribution in [3.8, 4) is 0 Å². The molecule has 0 saturated carbocycles. The van der Waals surface area contributed by atoms with E-state index in [1.807, 2.05) is 6.92 Å². The molecule has 92 valence electrons. The van der Waals surface area contributed by atoms with E-state index in [1.165, 1.54) is 6.07 Å². The molecular weight excluding hydrogens is 220 g/mol. The van der Waals surface area contributed by atoms with Crippen LogP contribution in [-0.4, -0.2) is 17.4 Å². The second-order valence-corrected chi connectivity index (χ2v) is 3.87. The third kappa shape index (κ3) is 3.55. The normalized spacial score (nSPS) is 10.0. The maximum atomic E-state index is 11.7. The second kappa shape index (κ2) is 5.98. The van der Waals surface area contributed by atoms with Gasteiger partial charge in [-0.1, -0.05) is 19.4 Å². The Balaban J connectivity index is 2.81. The van der Waals surface area contributed by atoms with Crippen LogP contribution in [0.25, 0.3) is 0 Å². The Kier molecular flexibility index (Phi) is 4.63. The summed E-state index contributed by atoms with van der Waals surface area (Å²) in [4.78, 5) is 21.9. The lowest BCUT2D eigenvalue weighted by atomic mass is 10.1. The minimum Gasteiger partial charge on any atom is -0.352 e. The van der Waals surface area contributed by atoms with E-state index in [1.54, 1.807) is 19.1 Å². The van der Waals surface area contributed by atoms with E-state index in [4.69, 9.17) is 0 Å². The lowest BCUT2D eigenvalue weighted by molar-refractivity contribution is -0.385. The number of rotatable bonds is 5. The smallest absolute Gasteiger partial charge is 0.273 e. The fourth-order valence-corrected chi connectivity index (χ4v) is 1.43. The first-order valence-corrected chi connectivity index (χ1v) is 5.59. The number of benzene rings is 1. The highest BCUT2D eigenvalue weighted by molar-refractivity contribution is 5.94. The SMILES string of the molecule is CCCCNC(=O)c1ccc(C)c([N+](=O)[O-])c1. The average Bonchev–Trinajstić information content (AvgIpc) is 2.29. The van der Waals surface area contributed by atoms with Gasteiger partial charge in [0.15, 0.2) is 0 Å². The molecular formula is C12H16N2O3. The summed E-state index contributed by atoms with van der Waals surface area (Å²) in [5.41, 5.74) is 0.867. The van der Waals surface area contributed by atoms with Crippen molar-refractivity contribution in [2.75, 3.05) is 6.54 Å². The largest absolute Gasteiger partial charge is 0.352 e. The van der Waals surface area contributed by atoms with Crippen LogP contribution in [0.5, 0.6) is 0 Å². The Labute approximate surface area is 100.0 Å². The molecule has 0 radical (unpaired) electrons. The van der Waals surface area contributed by atoms with E-state index in [0.29, 0.717) is 17.7 Å². The number of aryl methyl sites for hydroxylation is 1. The van der Waals surface area contributed by atoms with Crippen LogP contribution in [0, 0.1) is 17.0 Å². The molecule has 0 heterocycles. The summed E-state index contributed by atoms with van der Waals surface area (Å²) in [5.74, 6) is -0.262. The van der Waals surface area contributed by atoms with Crippen molar-refractivity contribution in [3.63, 3.8) is 0 Å². The molecule has 0 atom stereocenters. The van der Waals surface area contributed by atoms with Crippen LogP contribution < -0.4 is 5.32 Å². The van der Waals surface area contributed by atoms with Crippen molar-refractivity contribution in [1.82, 2.24) is 5.32 Å². The molecule has 0 aromatic heterocycles. The number of nitrogens with zero attached hydrogens (tertiary/aromatic N) is 1. The minimum atomic E-state index is -0.474. The van der Waals surface area contributed by atoms with Gasteiger partial charge in [0.25, 0.3) is 11.6 Å². The molecule has 0 spiro atoms. The molecule has 1 N–H and O–H groups in total. The molecule has 1 rings (SSSR count). The van der Waals surface area contributed by atoms with Crippen LogP contribution in [0.15, 0.2) is 18.2 Å². The standard InChI is InChI=1S/C12H16N2O3/c1-3-4-7-13-12(15)10-6-5-9(2)11(8-10)14(16)17/h5-6,8H,3-4,7H2,1-2H3,(H,13,15). The maximum Gasteiger partial charge on any atom is 0.273 e. The summed E-state index contributed by atoms with van der Waals surface area (Å²) in [7, 11) is 0. The molecule has 0 aliphatic carbocycles. The van der Waals surface area contributed by atoms with Gasteiger partial charge in [-0.2, -0.15) is 0 Å². The highest BCUT2D eigenvalue weighted by atomic mass is 16.6. The van der Waals surface area contributed by atoms with Gasteiger partial charge >= 0.3 is 0 Å². The quantitative estimate of drug-likeness (QED) is 0.485. The van der Waals surface area contributed by atoms with Gasteiger partial charge in [0.1, 0.15) is 0 Å². The monoisotopic (exact) mass is 236 g/mol. The maximum absolute atomic E-state index is 11.7. The minimum absolute atomic E-state index is 0.0202. The molecule has 5 heteroatoms. The van der Waals surface area contributed by atoms with E-state index in [9.17, 15) is 14.9 Å². The molecule has 5 nitrogen and oxygen atoms in total. The third-order valence-corrected chi connectivity index (χ3v) is 2.48. The van der Waals surface area contributed by atoms with E-state index in [2.05, 4.69) is 5.32 Å². The molecule has 0 saturated heterocycles. The highest BCUT2D eigenvalue weighted by Crippen LogP contribution is 2.19. The van der Waals surface area contributed by atoms with Crippen molar-refractivity contribution in [2.45, 2.75) is 26.7 Å². The summed E-state index contributed by atoms with van der Waals surface area (Å²) < 4.78 is 0. The summed E-state index contributed by atoms with van der Waals surface area (Å²) in [5, 5.41) is 13.5. The Bertz CT molecular complexity index is 430. The van der Waals surface area contributed by atoms with Crippen LogP contribution in [0.1, 0.15) is 35.7 Å². The van der Waals surface area contributed by atoms with E-state index < -0.39 is 4.92 Å². The molecule has 1 aromatic carbocycles. The Morgan fingerprint density at radius 1 is 1.47 bits per heavy atom. The van der Waals surface area contributed by atoms with Crippen LogP contribution in [0.4, 0.5) is 5.69 Å². The van der Waals surface area contributed by atoms with E-state index in [0.717, 1.165) is 12.8 Å². The third-order valence-electron chi connectivity index (χ3n) is 2.48. The molecule has 0 aliphatic heterocycles. The van der Waals surface area contributed by atoms with Crippen molar-refractivity contribution >= 4 is 11.6 Å². The van der Waals surface area contributed by atoms with Gasteiger partial charge in [0.05, 0.1) is 4.92 Å². The second-order valence-electron chi connectivity index (χ2n) is 3.87. The lowest BCUT2D eigenvalue weighted by Crippen LogP contribution is -2.24. The first-order chi connectivity index (χ1) is 8.06. The first kappa shape index (κ1) is 13.2. The van der Waals surface area contributed by atoms with Gasteiger partial charge in [-0.25, -0.2) is 0 Å². The number of amides is 1. The molecule has 0 aliphatic rings. The fourth-order valence-electron chi connectivity index (χ4n) is 1.43. The number of hydrogen-bond acceptors (Lipinski definition) is 3. The zero-order chi connectivity index (χ0) is 12.8. The zero-order valence-corrected chi connectivity index (χ0v) is 10.0. The van der Waals surface area contributed by atoms with Gasteiger partial charge in [-0.3, -0.25) is 14.9 Å². The molecule has 0 unspecified atom stereocenters. The Morgan fingerprint density at radius 3 is 2.76 bits per heavy atom.